The summed E-state index contributed by atoms with van der Waals surface area (Å²) in [6.07, 6.45) is 0.287. The van der Waals surface area contributed by atoms with Crippen LogP contribution in [0.25, 0.3) is 0 Å². The summed E-state index contributed by atoms with van der Waals surface area (Å²) in [7, 11) is 0. The Morgan fingerprint density at radius 3 is 2.65 bits per heavy atom. The Morgan fingerprint density at radius 2 is 1.96 bits per heavy atom. The zero-order chi connectivity index (χ0) is 16.4. The van der Waals surface area contributed by atoms with Crippen molar-refractivity contribution in [1.82, 2.24) is 0 Å². The van der Waals surface area contributed by atoms with Crippen LogP contribution < -0.4 is 0 Å². The summed E-state index contributed by atoms with van der Waals surface area (Å²) < 4.78 is 11.8. The summed E-state index contributed by atoms with van der Waals surface area (Å²) in [4.78, 5) is 0.986. The molecule has 1 aliphatic rings. The van der Waals surface area contributed by atoms with Crippen LogP contribution >= 0.6 is 34.5 Å². The number of hydrogen-bond acceptors (Lipinski definition) is 4. The molecule has 0 aliphatic carbocycles. The number of aliphatic hydroxyl groups is 1. The van der Waals surface area contributed by atoms with E-state index >= 15 is 0 Å². The Labute approximate surface area is 149 Å². The molecule has 2 heterocycles. The van der Waals surface area contributed by atoms with Gasteiger partial charge in [-0.1, -0.05) is 36.2 Å². The van der Waals surface area contributed by atoms with Crippen LogP contribution in [0.3, 0.4) is 0 Å². The molecule has 124 valence electrons. The summed E-state index contributed by atoms with van der Waals surface area (Å²) in [5.74, 6) is 0.0779. The van der Waals surface area contributed by atoms with Crippen molar-refractivity contribution < 1.29 is 14.6 Å². The number of rotatable bonds is 5. The third-order valence-electron chi connectivity index (χ3n) is 4.01. The van der Waals surface area contributed by atoms with Crippen molar-refractivity contribution in [3.8, 4) is 0 Å². The molecule has 1 aromatic carbocycles. The second kappa shape index (κ2) is 7.51. The molecule has 0 saturated carbocycles. The first-order valence-electron chi connectivity index (χ1n) is 7.51. The fraction of sp³-hybridized carbons (Fsp3) is 0.412. The fourth-order valence-electron chi connectivity index (χ4n) is 2.82. The van der Waals surface area contributed by atoms with E-state index in [1.807, 2.05) is 18.2 Å². The number of aliphatic hydroxyl groups excluding tert-OH is 1. The van der Waals surface area contributed by atoms with Crippen LogP contribution in [0.15, 0.2) is 24.3 Å². The molecule has 1 unspecified atom stereocenters. The zero-order valence-electron chi connectivity index (χ0n) is 12.7. The highest BCUT2D eigenvalue weighted by Gasteiger charge is 2.25. The smallest absolute Gasteiger partial charge is 0.193 e. The van der Waals surface area contributed by atoms with Crippen LogP contribution in [-0.2, 0) is 15.9 Å². The fourth-order valence-corrected chi connectivity index (χ4v) is 4.47. The Morgan fingerprint density at radius 1 is 1.22 bits per heavy atom. The average Bonchev–Trinajstić information content (AvgIpc) is 3.18. The van der Waals surface area contributed by atoms with Gasteiger partial charge in [0, 0.05) is 17.5 Å². The first kappa shape index (κ1) is 17.2. The minimum absolute atomic E-state index is 0.0779. The van der Waals surface area contributed by atoms with Crippen LogP contribution in [0.4, 0.5) is 0 Å². The van der Waals surface area contributed by atoms with E-state index in [0.717, 1.165) is 25.9 Å². The first-order chi connectivity index (χ1) is 11.1. The summed E-state index contributed by atoms with van der Waals surface area (Å²) >= 11 is 14.1. The number of thiophene rings is 1. The highest BCUT2D eigenvalue weighted by molar-refractivity contribution is 7.16. The number of hydrogen-bond donors (Lipinski definition) is 1. The molecule has 0 amide bonds. The topological polar surface area (TPSA) is 38.7 Å². The van der Waals surface area contributed by atoms with Gasteiger partial charge in [0.1, 0.15) is 0 Å². The predicted octanol–water partition coefficient (Wildman–Crippen LogP) is 4.79. The third kappa shape index (κ3) is 3.73. The van der Waals surface area contributed by atoms with Crippen LogP contribution in [-0.4, -0.2) is 24.9 Å². The van der Waals surface area contributed by atoms with E-state index in [1.165, 1.54) is 11.3 Å². The van der Waals surface area contributed by atoms with Crippen LogP contribution in [0, 0.1) is 0 Å². The van der Waals surface area contributed by atoms with Gasteiger partial charge in [-0.3, -0.25) is 0 Å². The summed E-state index contributed by atoms with van der Waals surface area (Å²) in [5.41, 5.74) is 3.21. The van der Waals surface area contributed by atoms with Gasteiger partial charge in [-0.05, 0) is 41.3 Å². The van der Waals surface area contributed by atoms with Crippen LogP contribution in [0.1, 0.15) is 40.7 Å². The van der Waals surface area contributed by atoms with Gasteiger partial charge in [0.2, 0.25) is 0 Å². The van der Waals surface area contributed by atoms with E-state index < -0.39 is 0 Å². The lowest BCUT2D eigenvalue weighted by molar-refractivity contribution is -0.0413. The summed E-state index contributed by atoms with van der Waals surface area (Å²) in [5, 5.41) is 9.96. The molecule has 2 aromatic rings. The molecule has 1 aromatic heterocycles. The molecule has 1 saturated heterocycles. The second-order valence-corrected chi connectivity index (χ2v) is 7.61. The van der Waals surface area contributed by atoms with Crippen molar-refractivity contribution in [3.05, 3.63) is 55.2 Å². The van der Waals surface area contributed by atoms with E-state index in [0.29, 0.717) is 24.7 Å². The van der Waals surface area contributed by atoms with E-state index in [-0.39, 0.29) is 18.8 Å². The minimum Gasteiger partial charge on any atom is -0.396 e. The Bertz CT molecular complexity index is 680. The normalized spacial score (nSPS) is 16.9. The van der Waals surface area contributed by atoms with Crippen molar-refractivity contribution in [2.24, 2.45) is 0 Å². The van der Waals surface area contributed by atoms with Crippen molar-refractivity contribution in [1.29, 1.82) is 0 Å². The lowest BCUT2D eigenvalue weighted by atomic mass is 9.90. The maximum absolute atomic E-state index is 9.28. The lowest BCUT2D eigenvalue weighted by Crippen LogP contribution is -2.03. The second-order valence-electron chi connectivity index (χ2n) is 5.49. The lowest BCUT2D eigenvalue weighted by Gasteiger charge is -2.16. The highest BCUT2D eigenvalue weighted by Crippen LogP contribution is 2.41. The van der Waals surface area contributed by atoms with Gasteiger partial charge in [-0.2, -0.15) is 0 Å². The van der Waals surface area contributed by atoms with Crippen molar-refractivity contribution >= 4 is 34.5 Å². The van der Waals surface area contributed by atoms with E-state index in [9.17, 15) is 5.11 Å². The molecule has 0 spiro atoms. The summed E-state index contributed by atoms with van der Waals surface area (Å²) in [6, 6.07) is 7.82. The molecule has 0 radical (unpaired) electrons. The van der Waals surface area contributed by atoms with Crippen molar-refractivity contribution in [2.75, 3.05) is 19.8 Å². The summed E-state index contributed by atoms with van der Waals surface area (Å²) in [6.45, 7) is 3.42. The zero-order valence-corrected chi connectivity index (χ0v) is 15.0. The highest BCUT2D eigenvalue weighted by atomic mass is 35.5. The van der Waals surface area contributed by atoms with Crippen molar-refractivity contribution in [3.63, 3.8) is 0 Å². The number of benzene rings is 1. The van der Waals surface area contributed by atoms with Crippen molar-refractivity contribution in [2.45, 2.75) is 25.6 Å². The van der Waals surface area contributed by atoms with E-state index in [2.05, 4.69) is 13.0 Å². The largest absolute Gasteiger partial charge is 0.396 e. The Kier molecular flexibility index (Phi) is 5.62. The SMILES string of the molecule is CC(c1cc(Cl)ccc1CCO)c1cc(C2OCCO2)sc1Cl. The molecule has 1 fully saturated rings. The van der Waals surface area contributed by atoms with Gasteiger partial charge in [-0.15, -0.1) is 11.3 Å². The number of ether oxygens (including phenoxy) is 2. The molecule has 1 N–H and O–H groups in total. The first-order valence-corrected chi connectivity index (χ1v) is 9.09. The minimum atomic E-state index is -0.310. The molecular weight excluding hydrogens is 355 g/mol. The quantitative estimate of drug-likeness (QED) is 0.819. The molecule has 1 atom stereocenters. The predicted molar refractivity (Wildman–Crippen MR) is 93.7 cm³/mol. The third-order valence-corrected chi connectivity index (χ3v) is 5.65. The van der Waals surface area contributed by atoms with Crippen LogP contribution in [0.2, 0.25) is 9.36 Å². The number of halogens is 2. The van der Waals surface area contributed by atoms with Gasteiger partial charge < -0.3 is 14.6 Å². The molecule has 3 nitrogen and oxygen atoms in total. The molecule has 23 heavy (non-hydrogen) atoms. The van der Waals surface area contributed by atoms with Gasteiger partial charge in [-0.25, -0.2) is 0 Å². The maximum atomic E-state index is 9.28. The van der Waals surface area contributed by atoms with E-state index in [1.54, 1.807) is 0 Å². The van der Waals surface area contributed by atoms with Crippen LogP contribution in [0.5, 0.6) is 0 Å². The Hall–Kier alpha value is -0.620. The average molecular weight is 373 g/mol. The maximum Gasteiger partial charge on any atom is 0.193 e. The van der Waals surface area contributed by atoms with Gasteiger partial charge in [0.25, 0.3) is 0 Å². The molecule has 3 rings (SSSR count). The standard InChI is InChI=1S/C17H18Cl2O3S/c1-10(13-8-12(18)3-2-11(13)4-5-20)14-9-15(23-16(14)19)17-21-6-7-22-17/h2-3,8-10,17,20H,4-7H2,1H3. The van der Waals surface area contributed by atoms with Gasteiger partial charge in [0.05, 0.1) is 22.4 Å². The van der Waals surface area contributed by atoms with Gasteiger partial charge in [0.15, 0.2) is 6.29 Å². The molecule has 6 heteroatoms. The molecular formula is C17H18Cl2O3S. The molecule has 1 aliphatic heterocycles. The Balaban J connectivity index is 1.93. The monoisotopic (exact) mass is 372 g/mol. The van der Waals surface area contributed by atoms with E-state index in [4.69, 9.17) is 32.7 Å². The van der Waals surface area contributed by atoms with Gasteiger partial charge >= 0.3 is 0 Å². The molecule has 0 bridgehead atoms.